The highest BCUT2D eigenvalue weighted by Crippen LogP contribution is 2.17. The van der Waals surface area contributed by atoms with Crippen LogP contribution in [0.25, 0.3) is 0 Å². The molecule has 2 N–H and O–H groups in total. The normalized spacial score (nSPS) is 14.3. The van der Waals surface area contributed by atoms with Gasteiger partial charge < -0.3 is 10.5 Å². The molecule has 0 amide bonds. The zero-order valence-corrected chi connectivity index (χ0v) is 9.19. The van der Waals surface area contributed by atoms with Gasteiger partial charge in [-0.3, -0.25) is 4.79 Å². The van der Waals surface area contributed by atoms with Gasteiger partial charge >= 0.3 is 5.97 Å². The van der Waals surface area contributed by atoms with E-state index in [1.165, 1.54) is 0 Å². The summed E-state index contributed by atoms with van der Waals surface area (Å²) in [5.41, 5.74) is 6.41. The summed E-state index contributed by atoms with van der Waals surface area (Å²) in [5, 5.41) is 0. The first-order valence-corrected chi connectivity index (χ1v) is 5.06. The quantitative estimate of drug-likeness (QED) is 0.766. The van der Waals surface area contributed by atoms with E-state index in [1.807, 2.05) is 37.3 Å². The Morgan fingerprint density at radius 1 is 1.40 bits per heavy atom. The van der Waals surface area contributed by atoms with Crippen molar-refractivity contribution >= 4 is 5.97 Å². The van der Waals surface area contributed by atoms with E-state index in [2.05, 4.69) is 0 Å². The molecule has 1 aromatic rings. The number of rotatable bonds is 4. The van der Waals surface area contributed by atoms with Gasteiger partial charge in [-0.25, -0.2) is 0 Å². The molecule has 0 saturated heterocycles. The summed E-state index contributed by atoms with van der Waals surface area (Å²) in [7, 11) is 0. The molecule has 1 atom stereocenters. The zero-order chi connectivity index (χ0) is 11.3. The van der Waals surface area contributed by atoms with Gasteiger partial charge in [-0.05, 0) is 12.5 Å². The Labute approximate surface area is 90.2 Å². The van der Waals surface area contributed by atoms with Crippen LogP contribution in [-0.2, 0) is 15.1 Å². The van der Waals surface area contributed by atoms with Gasteiger partial charge in [0.1, 0.15) is 6.61 Å². The largest absolute Gasteiger partial charge is 0.463 e. The number of carbonyl (C=O) groups excluding carboxylic acids is 1. The number of hydrogen-bond acceptors (Lipinski definition) is 3. The number of hydrogen-bond donors (Lipinski definition) is 1. The second-order valence-electron chi connectivity index (χ2n) is 3.80. The van der Waals surface area contributed by atoms with E-state index in [-0.39, 0.29) is 12.6 Å². The molecule has 3 nitrogen and oxygen atoms in total. The van der Waals surface area contributed by atoms with Crippen LogP contribution in [0.2, 0.25) is 0 Å². The lowest BCUT2D eigenvalue weighted by molar-refractivity contribution is -0.145. The van der Waals surface area contributed by atoms with Crippen LogP contribution >= 0.6 is 0 Å². The molecular formula is C12H17NO2. The smallest absolute Gasteiger partial charge is 0.305 e. The molecule has 0 spiro atoms. The zero-order valence-electron chi connectivity index (χ0n) is 9.19. The van der Waals surface area contributed by atoms with Crippen molar-refractivity contribution in [2.45, 2.75) is 25.8 Å². The van der Waals surface area contributed by atoms with Gasteiger partial charge in [0.15, 0.2) is 0 Å². The molecule has 0 aliphatic heterocycles. The Balaban J connectivity index is 2.63. The third kappa shape index (κ3) is 3.36. The van der Waals surface area contributed by atoms with Crippen molar-refractivity contribution in [2.75, 3.05) is 6.61 Å². The van der Waals surface area contributed by atoms with E-state index in [1.54, 1.807) is 6.92 Å². The number of esters is 1. The molecule has 0 aliphatic carbocycles. The molecule has 0 saturated carbocycles. The minimum absolute atomic E-state index is 0.212. The molecule has 3 heteroatoms. The van der Waals surface area contributed by atoms with Gasteiger partial charge in [0.2, 0.25) is 0 Å². The standard InChI is InChI=1S/C12H17NO2/c1-3-11(14)15-9-12(2,13)10-7-5-4-6-8-10/h4-8H,3,9,13H2,1-2H3. The lowest BCUT2D eigenvalue weighted by atomic mass is 9.94. The molecule has 15 heavy (non-hydrogen) atoms. The second-order valence-corrected chi connectivity index (χ2v) is 3.80. The van der Waals surface area contributed by atoms with Crippen LogP contribution in [-0.4, -0.2) is 12.6 Å². The van der Waals surface area contributed by atoms with Crippen LogP contribution in [0, 0.1) is 0 Å². The topological polar surface area (TPSA) is 52.3 Å². The average molecular weight is 207 g/mol. The Bertz CT molecular complexity index is 320. The van der Waals surface area contributed by atoms with Gasteiger partial charge in [0.05, 0.1) is 5.54 Å². The van der Waals surface area contributed by atoms with Gasteiger partial charge in [0, 0.05) is 6.42 Å². The Morgan fingerprint density at radius 2 is 2.00 bits per heavy atom. The van der Waals surface area contributed by atoms with Gasteiger partial charge in [-0.2, -0.15) is 0 Å². The molecule has 1 rings (SSSR count). The molecule has 0 aliphatic rings. The van der Waals surface area contributed by atoms with Gasteiger partial charge in [0.25, 0.3) is 0 Å². The van der Waals surface area contributed by atoms with Crippen molar-refractivity contribution in [3.63, 3.8) is 0 Å². The summed E-state index contributed by atoms with van der Waals surface area (Å²) in [4.78, 5) is 11.0. The van der Waals surface area contributed by atoms with Crippen molar-refractivity contribution in [2.24, 2.45) is 5.73 Å². The summed E-state index contributed by atoms with van der Waals surface area (Å²) >= 11 is 0. The summed E-state index contributed by atoms with van der Waals surface area (Å²) < 4.78 is 5.05. The maximum absolute atomic E-state index is 11.0. The highest BCUT2D eigenvalue weighted by molar-refractivity contribution is 5.68. The van der Waals surface area contributed by atoms with E-state index in [4.69, 9.17) is 10.5 Å². The van der Waals surface area contributed by atoms with E-state index in [0.717, 1.165) is 5.56 Å². The number of carbonyl (C=O) groups is 1. The van der Waals surface area contributed by atoms with Crippen LogP contribution in [0.15, 0.2) is 30.3 Å². The van der Waals surface area contributed by atoms with Crippen molar-refractivity contribution in [1.82, 2.24) is 0 Å². The monoisotopic (exact) mass is 207 g/mol. The third-order valence-electron chi connectivity index (χ3n) is 2.25. The minimum atomic E-state index is -0.619. The Morgan fingerprint density at radius 3 is 2.53 bits per heavy atom. The first kappa shape index (κ1) is 11.7. The molecule has 82 valence electrons. The van der Waals surface area contributed by atoms with Crippen LogP contribution in [0.4, 0.5) is 0 Å². The lowest BCUT2D eigenvalue weighted by Gasteiger charge is -2.24. The van der Waals surface area contributed by atoms with Crippen molar-refractivity contribution in [3.05, 3.63) is 35.9 Å². The van der Waals surface area contributed by atoms with Crippen LogP contribution in [0.5, 0.6) is 0 Å². The number of benzene rings is 1. The summed E-state index contributed by atoms with van der Waals surface area (Å²) in [6.07, 6.45) is 0.380. The highest BCUT2D eigenvalue weighted by atomic mass is 16.5. The van der Waals surface area contributed by atoms with Crippen molar-refractivity contribution in [1.29, 1.82) is 0 Å². The van der Waals surface area contributed by atoms with Crippen molar-refractivity contribution in [3.8, 4) is 0 Å². The fourth-order valence-electron chi connectivity index (χ4n) is 1.23. The number of ether oxygens (including phenoxy) is 1. The average Bonchev–Trinajstić information content (AvgIpc) is 2.27. The molecule has 0 radical (unpaired) electrons. The van der Waals surface area contributed by atoms with E-state index in [9.17, 15) is 4.79 Å². The van der Waals surface area contributed by atoms with Crippen molar-refractivity contribution < 1.29 is 9.53 Å². The first-order chi connectivity index (χ1) is 7.06. The third-order valence-corrected chi connectivity index (χ3v) is 2.25. The maximum atomic E-state index is 11.0. The molecular weight excluding hydrogens is 190 g/mol. The SMILES string of the molecule is CCC(=O)OCC(C)(N)c1ccccc1. The van der Waals surface area contributed by atoms with Gasteiger partial charge in [-0.1, -0.05) is 37.3 Å². The Hall–Kier alpha value is -1.35. The summed E-state index contributed by atoms with van der Waals surface area (Å²) in [5.74, 6) is -0.220. The first-order valence-electron chi connectivity index (χ1n) is 5.06. The second kappa shape index (κ2) is 4.94. The van der Waals surface area contributed by atoms with Crippen LogP contribution in [0.1, 0.15) is 25.8 Å². The molecule has 1 aromatic carbocycles. The highest BCUT2D eigenvalue weighted by Gasteiger charge is 2.22. The molecule has 0 aromatic heterocycles. The Kier molecular flexibility index (Phi) is 3.86. The van der Waals surface area contributed by atoms with E-state index < -0.39 is 5.54 Å². The maximum Gasteiger partial charge on any atom is 0.305 e. The fourth-order valence-corrected chi connectivity index (χ4v) is 1.23. The van der Waals surface area contributed by atoms with E-state index in [0.29, 0.717) is 6.42 Å². The summed E-state index contributed by atoms with van der Waals surface area (Å²) in [6, 6.07) is 9.63. The molecule has 0 fully saturated rings. The molecule has 0 heterocycles. The van der Waals surface area contributed by atoms with Gasteiger partial charge in [-0.15, -0.1) is 0 Å². The summed E-state index contributed by atoms with van der Waals surface area (Å²) in [6.45, 7) is 3.83. The lowest BCUT2D eigenvalue weighted by Crippen LogP contribution is -2.38. The fraction of sp³-hybridized carbons (Fsp3) is 0.417. The van der Waals surface area contributed by atoms with E-state index >= 15 is 0 Å². The van der Waals surface area contributed by atoms with Crippen LogP contribution in [0.3, 0.4) is 0 Å². The predicted octanol–water partition coefficient (Wildman–Crippen LogP) is 1.81. The minimum Gasteiger partial charge on any atom is -0.463 e. The predicted molar refractivity (Wildman–Crippen MR) is 59.2 cm³/mol. The van der Waals surface area contributed by atoms with Crippen LogP contribution < -0.4 is 5.73 Å². The number of nitrogens with two attached hydrogens (primary N) is 1. The molecule has 1 unspecified atom stereocenters. The molecule has 0 bridgehead atoms.